The lowest BCUT2D eigenvalue weighted by Gasteiger charge is -2.31. The highest BCUT2D eigenvalue weighted by Gasteiger charge is 2.24. The summed E-state index contributed by atoms with van der Waals surface area (Å²) < 4.78 is 5.45. The van der Waals surface area contributed by atoms with Crippen LogP contribution in [0.5, 0.6) is 0 Å². The molecule has 1 aromatic heterocycles. The summed E-state index contributed by atoms with van der Waals surface area (Å²) in [6.45, 7) is 3.87. The van der Waals surface area contributed by atoms with Gasteiger partial charge in [-0.2, -0.15) is 0 Å². The minimum absolute atomic E-state index is 0.0296. The third-order valence-corrected chi connectivity index (χ3v) is 2.97. The van der Waals surface area contributed by atoms with Crippen LogP contribution in [0.2, 0.25) is 0 Å². The second-order valence-corrected chi connectivity index (χ2v) is 4.70. The Morgan fingerprint density at radius 3 is 3.00 bits per heavy atom. The van der Waals surface area contributed by atoms with E-state index in [2.05, 4.69) is 4.98 Å². The highest BCUT2D eigenvalue weighted by atomic mass is 16.5. The SMILES string of the molecule is CC1CN(C(=O)c2cccnc2N(C)C)CCO1. The number of nitrogens with zero attached hydrogens (tertiary/aromatic N) is 3. The second kappa shape index (κ2) is 5.35. The van der Waals surface area contributed by atoms with E-state index >= 15 is 0 Å². The number of morpholine rings is 1. The van der Waals surface area contributed by atoms with Crippen LogP contribution < -0.4 is 4.90 Å². The van der Waals surface area contributed by atoms with Crippen LogP contribution in [-0.2, 0) is 4.74 Å². The number of carbonyl (C=O) groups excluding carboxylic acids is 1. The van der Waals surface area contributed by atoms with Crippen molar-refractivity contribution in [3.8, 4) is 0 Å². The van der Waals surface area contributed by atoms with E-state index in [0.717, 1.165) is 0 Å². The summed E-state index contributed by atoms with van der Waals surface area (Å²) in [7, 11) is 3.78. The van der Waals surface area contributed by atoms with Gasteiger partial charge in [-0.15, -0.1) is 0 Å². The summed E-state index contributed by atoms with van der Waals surface area (Å²) in [5, 5.41) is 0. The van der Waals surface area contributed by atoms with Crippen molar-refractivity contribution in [3.05, 3.63) is 23.9 Å². The lowest BCUT2D eigenvalue weighted by atomic mass is 10.2. The molecule has 2 rings (SSSR count). The third kappa shape index (κ3) is 2.61. The molecule has 2 heterocycles. The summed E-state index contributed by atoms with van der Waals surface area (Å²) in [4.78, 5) is 20.4. The molecule has 1 aromatic rings. The van der Waals surface area contributed by atoms with Crippen LogP contribution in [0.3, 0.4) is 0 Å². The predicted molar refractivity (Wildman–Crippen MR) is 69.9 cm³/mol. The Morgan fingerprint density at radius 1 is 1.56 bits per heavy atom. The van der Waals surface area contributed by atoms with Crippen LogP contribution in [0, 0.1) is 0 Å². The molecule has 1 aliphatic heterocycles. The summed E-state index contributed by atoms with van der Waals surface area (Å²) in [5.74, 6) is 0.739. The molecule has 0 aromatic carbocycles. The van der Waals surface area contributed by atoms with Crippen LogP contribution in [-0.4, -0.2) is 55.7 Å². The summed E-state index contributed by atoms with van der Waals surface area (Å²) in [6, 6.07) is 3.62. The number of pyridine rings is 1. The highest BCUT2D eigenvalue weighted by molar-refractivity contribution is 5.98. The van der Waals surface area contributed by atoms with Crippen LogP contribution in [0.1, 0.15) is 17.3 Å². The van der Waals surface area contributed by atoms with Gasteiger partial charge in [-0.05, 0) is 19.1 Å². The largest absolute Gasteiger partial charge is 0.375 e. The normalized spacial score (nSPS) is 19.7. The van der Waals surface area contributed by atoms with Crippen molar-refractivity contribution in [1.82, 2.24) is 9.88 Å². The van der Waals surface area contributed by atoms with Gasteiger partial charge in [-0.25, -0.2) is 4.98 Å². The van der Waals surface area contributed by atoms with E-state index in [1.54, 1.807) is 12.3 Å². The minimum Gasteiger partial charge on any atom is -0.375 e. The van der Waals surface area contributed by atoms with Crippen molar-refractivity contribution in [2.45, 2.75) is 13.0 Å². The first-order chi connectivity index (χ1) is 8.59. The maximum absolute atomic E-state index is 12.5. The summed E-state index contributed by atoms with van der Waals surface area (Å²) in [5.41, 5.74) is 0.650. The van der Waals surface area contributed by atoms with Crippen molar-refractivity contribution in [2.75, 3.05) is 38.7 Å². The number of hydrogen-bond acceptors (Lipinski definition) is 4. The lowest BCUT2D eigenvalue weighted by molar-refractivity contribution is -0.0124. The van der Waals surface area contributed by atoms with Gasteiger partial charge < -0.3 is 14.5 Å². The molecule has 5 nitrogen and oxygen atoms in total. The molecule has 18 heavy (non-hydrogen) atoms. The quantitative estimate of drug-likeness (QED) is 0.784. The molecular formula is C13H19N3O2. The molecular weight excluding hydrogens is 230 g/mol. The number of amides is 1. The second-order valence-electron chi connectivity index (χ2n) is 4.70. The molecule has 0 bridgehead atoms. The zero-order chi connectivity index (χ0) is 13.1. The molecule has 1 saturated heterocycles. The Morgan fingerprint density at radius 2 is 2.33 bits per heavy atom. The van der Waals surface area contributed by atoms with Gasteiger partial charge in [0.1, 0.15) is 5.82 Å². The Labute approximate surface area is 107 Å². The first kappa shape index (κ1) is 12.8. The average Bonchev–Trinajstić information content (AvgIpc) is 2.38. The van der Waals surface area contributed by atoms with Gasteiger partial charge in [0.2, 0.25) is 0 Å². The fourth-order valence-corrected chi connectivity index (χ4v) is 2.09. The van der Waals surface area contributed by atoms with E-state index in [1.165, 1.54) is 0 Å². The molecule has 0 aliphatic carbocycles. The van der Waals surface area contributed by atoms with Crippen LogP contribution in [0.15, 0.2) is 18.3 Å². The fraction of sp³-hybridized carbons (Fsp3) is 0.538. The number of anilines is 1. The van der Waals surface area contributed by atoms with E-state index in [-0.39, 0.29) is 12.0 Å². The zero-order valence-electron chi connectivity index (χ0n) is 11.1. The van der Waals surface area contributed by atoms with E-state index < -0.39 is 0 Å². The smallest absolute Gasteiger partial charge is 0.257 e. The van der Waals surface area contributed by atoms with Gasteiger partial charge >= 0.3 is 0 Å². The average molecular weight is 249 g/mol. The van der Waals surface area contributed by atoms with E-state index in [1.807, 2.05) is 36.9 Å². The topological polar surface area (TPSA) is 45.7 Å². The van der Waals surface area contributed by atoms with Crippen molar-refractivity contribution in [1.29, 1.82) is 0 Å². The Hall–Kier alpha value is -1.62. The standard InChI is InChI=1S/C13H19N3O2/c1-10-9-16(7-8-18-10)13(17)11-5-4-6-14-12(11)15(2)3/h4-6,10H,7-9H2,1-3H3. The first-order valence-electron chi connectivity index (χ1n) is 6.13. The number of ether oxygens (including phenoxy) is 1. The van der Waals surface area contributed by atoms with Crippen LogP contribution in [0.25, 0.3) is 0 Å². The van der Waals surface area contributed by atoms with E-state index in [0.29, 0.717) is 31.1 Å². The fourth-order valence-electron chi connectivity index (χ4n) is 2.09. The molecule has 5 heteroatoms. The maximum atomic E-state index is 12.5. The van der Waals surface area contributed by atoms with Gasteiger partial charge in [-0.1, -0.05) is 0 Å². The molecule has 1 amide bonds. The van der Waals surface area contributed by atoms with Crippen molar-refractivity contribution < 1.29 is 9.53 Å². The molecule has 1 atom stereocenters. The van der Waals surface area contributed by atoms with Crippen molar-refractivity contribution in [2.24, 2.45) is 0 Å². The molecule has 1 fully saturated rings. The van der Waals surface area contributed by atoms with Crippen molar-refractivity contribution >= 4 is 11.7 Å². The summed E-state index contributed by atoms with van der Waals surface area (Å²) >= 11 is 0. The summed E-state index contributed by atoms with van der Waals surface area (Å²) in [6.07, 6.45) is 1.80. The molecule has 0 radical (unpaired) electrons. The Balaban J connectivity index is 2.23. The molecule has 0 spiro atoms. The number of hydrogen-bond donors (Lipinski definition) is 0. The molecule has 1 aliphatic rings. The zero-order valence-corrected chi connectivity index (χ0v) is 11.1. The first-order valence-corrected chi connectivity index (χ1v) is 6.13. The van der Waals surface area contributed by atoms with Gasteiger partial charge in [0.25, 0.3) is 5.91 Å². The molecule has 1 unspecified atom stereocenters. The number of rotatable bonds is 2. The molecule has 0 N–H and O–H groups in total. The van der Waals surface area contributed by atoms with Gasteiger partial charge in [0.05, 0.1) is 18.3 Å². The van der Waals surface area contributed by atoms with Crippen LogP contribution in [0.4, 0.5) is 5.82 Å². The predicted octanol–water partition coefficient (Wildman–Crippen LogP) is 1.01. The maximum Gasteiger partial charge on any atom is 0.257 e. The number of aromatic nitrogens is 1. The Bertz CT molecular complexity index is 434. The Kier molecular flexibility index (Phi) is 3.81. The number of carbonyl (C=O) groups is 1. The molecule has 0 saturated carbocycles. The van der Waals surface area contributed by atoms with Gasteiger partial charge in [0.15, 0.2) is 0 Å². The highest BCUT2D eigenvalue weighted by Crippen LogP contribution is 2.18. The van der Waals surface area contributed by atoms with Gasteiger partial charge in [0, 0.05) is 33.4 Å². The van der Waals surface area contributed by atoms with E-state index in [9.17, 15) is 4.79 Å². The molecule has 98 valence electrons. The third-order valence-electron chi connectivity index (χ3n) is 2.97. The van der Waals surface area contributed by atoms with Gasteiger partial charge in [-0.3, -0.25) is 4.79 Å². The lowest BCUT2D eigenvalue weighted by Crippen LogP contribution is -2.44. The van der Waals surface area contributed by atoms with Crippen LogP contribution >= 0.6 is 0 Å². The minimum atomic E-state index is 0.0296. The van der Waals surface area contributed by atoms with Crippen molar-refractivity contribution in [3.63, 3.8) is 0 Å². The monoisotopic (exact) mass is 249 g/mol. The van der Waals surface area contributed by atoms with E-state index in [4.69, 9.17) is 4.74 Å².